The van der Waals surface area contributed by atoms with Gasteiger partial charge in [-0.05, 0) is 35.7 Å². The average Bonchev–Trinajstić information content (AvgIpc) is 2.98. The van der Waals surface area contributed by atoms with Gasteiger partial charge in [0.2, 0.25) is 11.8 Å². The number of hydrogen-bond acceptors (Lipinski definition) is 6. The number of carbonyl (C=O) groups excluding carboxylic acids is 4. The van der Waals surface area contributed by atoms with Gasteiger partial charge in [-0.2, -0.15) is 5.26 Å². The second kappa shape index (κ2) is 7.79. The molecular weight excluding hydrogens is 386 g/mol. The molecule has 0 aliphatic carbocycles. The highest BCUT2D eigenvalue weighted by molar-refractivity contribution is 6.23. The van der Waals surface area contributed by atoms with Crippen molar-refractivity contribution in [2.75, 3.05) is 0 Å². The van der Waals surface area contributed by atoms with Crippen molar-refractivity contribution < 1.29 is 23.9 Å². The lowest BCUT2D eigenvalue weighted by atomic mass is 10.0. The number of ether oxygens (including phenoxy) is 1. The molecule has 8 heteroatoms. The van der Waals surface area contributed by atoms with Crippen molar-refractivity contribution in [3.05, 3.63) is 64.7 Å². The highest BCUT2D eigenvalue weighted by Gasteiger charge is 2.44. The lowest BCUT2D eigenvalue weighted by Gasteiger charge is -2.27. The molecule has 2 aliphatic rings. The topological polar surface area (TPSA) is 117 Å². The van der Waals surface area contributed by atoms with Crippen LogP contribution in [0.5, 0.6) is 5.75 Å². The van der Waals surface area contributed by atoms with Crippen molar-refractivity contribution >= 4 is 23.6 Å². The molecule has 2 aromatic carbocycles. The molecule has 2 aromatic rings. The Morgan fingerprint density at radius 3 is 2.40 bits per heavy atom. The molecular formula is C22H17N3O5. The normalized spacial score (nSPS) is 18.1. The van der Waals surface area contributed by atoms with Gasteiger partial charge in [-0.25, -0.2) is 0 Å². The fourth-order valence-electron chi connectivity index (χ4n) is 3.55. The van der Waals surface area contributed by atoms with Gasteiger partial charge in [-0.1, -0.05) is 24.3 Å². The van der Waals surface area contributed by atoms with Gasteiger partial charge in [-0.3, -0.25) is 29.4 Å². The molecule has 0 spiro atoms. The molecule has 1 unspecified atom stereocenters. The summed E-state index contributed by atoms with van der Waals surface area (Å²) in [6.07, 6.45) is 0.526. The van der Waals surface area contributed by atoms with Crippen LogP contribution in [0.2, 0.25) is 0 Å². The molecule has 0 saturated carbocycles. The number of amides is 4. The first-order valence-corrected chi connectivity index (χ1v) is 9.41. The second-order valence-corrected chi connectivity index (χ2v) is 7.09. The zero-order valence-electron chi connectivity index (χ0n) is 15.9. The quantitative estimate of drug-likeness (QED) is 0.760. The molecule has 8 nitrogen and oxygen atoms in total. The number of nitrogens with zero attached hydrogens (tertiary/aromatic N) is 2. The molecule has 4 amide bonds. The summed E-state index contributed by atoms with van der Waals surface area (Å²) in [5.74, 6) is -1.76. The highest BCUT2D eigenvalue weighted by Crippen LogP contribution is 2.30. The lowest BCUT2D eigenvalue weighted by molar-refractivity contribution is -0.136. The Morgan fingerprint density at radius 1 is 1.00 bits per heavy atom. The van der Waals surface area contributed by atoms with Gasteiger partial charge >= 0.3 is 0 Å². The largest absolute Gasteiger partial charge is 0.489 e. The molecule has 1 atom stereocenters. The minimum absolute atomic E-state index is 0.0747. The minimum Gasteiger partial charge on any atom is -0.489 e. The Morgan fingerprint density at radius 2 is 1.70 bits per heavy atom. The fourth-order valence-corrected chi connectivity index (χ4v) is 3.55. The van der Waals surface area contributed by atoms with Crippen LogP contribution in [0.25, 0.3) is 0 Å². The van der Waals surface area contributed by atoms with Gasteiger partial charge in [0.25, 0.3) is 11.8 Å². The summed E-state index contributed by atoms with van der Waals surface area (Å²) in [5, 5.41) is 10.9. The SMILES string of the molecule is N#CCc1ccc(COc2ccc3c(c2)C(=O)N(C2CCC(=O)NC2=O)C3=O)cc1. The summed E-state index contributed by atoms with van der Waals surface area (Å²) in [6, 6.07) is 13.1. The van der Waals surface area contributed by atoms with E-state index < -0.39 is 29.7 Å². The third-order valence-corrected chi connectivity index (χ3v) is 5.12. The third kappa shape index (κ3) is 3.53. The molecule has 0 aromatic heterocycles. The molecule has 150 valence electrons. The molecule has 30 heavy (non-hydrogen) atoms. The van der Waals surface area contributed by atoms with E-state index in [1.54, 1.807) is 6.07 Å². The van der Waals surface area contributed by atoms with Crippen molar-refractivity contribution in [2.45, 2.75) is 31.9 Å². The highest BCUT2D eigenvalue weighted by atomic mass is 16.5. The third-order valence-electron chi connectivity index (χ3n) is 5.12. The zero-order valence-corrected chi connectivity index (χ0v) is 15.9. The van der Waals surface area contributed by atoms with E-state index in [4.69, 9.17) is 10.00 Å². The maximum absolute atomic E-state index is 12.8. The van der Waals surface area contributed by atoms with E-state index in [-0.39, 0.29) is 30.6 Å². The summed E-state index contributed by atoms with van der Waals surface area (Å²) in [7, 11) is 0. The van der Waals surface area contributed by atoms with E-state index >= 15 is 0 Å². The number of rotatable bonds is 5. The second-order valence-electron chi connectivity index (χ2n) is 7.09. The fraction of sp³-hybridized carbons (Fsp3) is 0.227. The van der Waals surface area contributed by atoms with Gasteiger partial charge in [0.15, 0.2) is 0 Å². The van der Waals surface area contributed by atoms with E-state index in [1.165, 1.54) is 12.1 Å². The predicted octanol–water partition coefficient (Wildman–Crippen LogP) is 1.73. The molecule has 2 aliphatic heterocycles. The summed E-state index contributed by atoms with van der Waals surface area (Å²) in [5.41, 5.74) is 2.19. The van der Waals surface area contributed by atoms with E-state index in [1.807, 2.05) is 24.3 Å². The Balaban J connectivity index is 1.48. The molecule has 2 heterocycles. The summed E-state index contributed by atoms with van der Waals surface area (Å²) in [6.45, 7) is 0.255. The number of fused-ring (bicyclic) bond motifs is 1. The summed E-state index contributed by atoms with van der Waals surface area (Å²) in [4.78, 5) is 49.9. The van der Waals surface area contributed by atoms with Gasteiger partial charge in [0.05, 0.1) is 23.6 Å². The maximum atomic E-state index is 12.8. The van der Waals surface area contributed by atoms with Gasteiger partial charge in [0, 0.05) is 6.42 Å². The maximum Gasteiger partial charge on any atom is 0.262 e. The number of piperidine rings is 1. The first kappa shape index (κ1) is 19.3. The Bertz CT molecular complexity index is 1100. The standard InChI is InChI=1S/C22H17N3O5/c23-10-9-13-1-3-14(4-2-13)12-30-15-5-6-16-17(11-15)22(29)25(21(16)28)18-7-8-19(26)24-20(18)27/h1-6,11,18H,7-9,12H2,(H,24,26,27). The van der Waals surface area contributed by atoms with Gasteiger partial charge in [-0.15, -0.1) is 0 Å². The molecule has 0 bridgehead atoms. The van der Waals surface area contributed by atoms with Crippen LogP contribution >= 0.6 is 0 Å². The molecule has 0 radical (unpaired) electrons. The van der Waals surface area contributed by atoms with Crippen LogP contribution in [0.4, 0.5) is 0 Å². The molecule has 4 rings (SSSR count). The first-order chi connectivity index (χ1) is 14.5. The Labute approximate surface area is 172 Å². The van der Waals surface area contributed by atoms with Crippen molar-refractivity contribution in [3.63, 3.8) is 0 Å². The number of nitrogens with one attached hydrogen (secondary N) is 1. The van der Waals surface area contributed by atoms with Crippen molar-refractivity contribution in [2.24, 2.45) is 0 Å². The van der Waals surface area contributed by atoms with Gasteiger partial charge < -0.3 is 4.74 Å². The number of hydrogen-bond donors (Lipinski definition) is 1. The van der Waals surface area contributed by atoms with Crippen molar-refractivity contribution in [1.29, 1.82) is 5.26 Å². The number of benzene rings is 2. The Kier molecular flexibility index (Phi) is 5.02. The monoisotopic (exact) mass is 403 g/mol. The number of nitriles is 1. The van der Waals surface area contributed by atoms with Crippen LogP contribution in [0.3, 0.4) is 0 Å². The number of carbonyl (C=O) groups is 4. The van der Waals surface area contributed by atoms with Crippen molar-refractivity contribution in [3.8, 4) is 11.8 Å². The average molecular weight is 403 g/mol. The number of imide groups is 2. The van der Waals surface area contributed by atoms with Crippen LogP contribution in [0.15, 0.2) is 42.5 Å². The Hall–Kier alpha value is -3.99. The minimum atomic E-state index is -0.994. The van der Waals surface area contributed by atoms with Crippen LogP contribution in [0.1, 0.15) is 44.7 Å². The van der Waals surface area contributed by atoms with Crippen molar-refractivity contribution in [1.82, 2.24) is 10.2 Å². The van der Waals surface area contributed by atoms with Crippen LogP contribution in [-0.2, 0) is 22.6 Å². The van der Waals surface area contributed by atoms with Gasteiger partial charge in [0.1, 0.15) is 18.4 Å². The smallest absolute Gasteiger partial charge is 0.262 e. The molecule has 1 N–H and O–H groups in total. The summed E-state index contributed by atoms with van der Waals surface area (Å²) < 4.78 is 5.75. The van der Waals surface area contributed by atoms with E-state index in [2.05, 4.69) is 11.4 Å². The van der Waals surface area contributed by atoms with Crippen LogP contribution < -0.4 is 10.1 Å². The summed E-state index contributed by atoms with van der Waals surface area (Å²) >= 11 is 0. The van der Waals surface area contributed by atoms with Crippen LogP contribution in [0, 0.1) is 11.3 Å². The predicted molar refractivity (Wildman–Crippen MR) is 103 cm³/mol. The van der Waals surface area contributed by atoms with Crippen LogP contribution in [-0.4, -0.2) is 34.6 Å². The van der Waals surface area contributed by atoms with E-state index in [9.17, 15) is 19.2 Å². The molecule has 1 saturated heterocycles. The van der Waals surface area contributed by atoms with E-state index in [0.717, 1.165) is 16.0 Å². The molecule has 1 fully saturated rings. The lowest BCUT2D eigenvalue weighted by Crippen LogP contribution is -2.54. The first-order valence-electron chi connectivity index (χ1n) is 9.41. The zero-order chi connectivity index (χ0) is 21.3. The van der Waals surface area contributed by atoms with E-state index in [0.29, 0.717) is 12.2 Å².